The summed E-state index contributed by atoms with van der Waals surface area (Å²) in [6.45, 7) is 7.29. The molecule has 0 aliphatic rings. The molecular formula is C24H33N3O2. The van der Waals surface area contributed by atoms with E-state index in [9.17, 15) is 9.59 Å². The normalized spacial score (nSPS) is 11.9. The average molecular weight is 396 g/mol. The quantitative estimate of drug-likeness (QED) is 0.609. The third-order valence-corrected chi connectivity index (χ3v) is 4.88. The van der Waals surface area contributed by atoms with Crippen LogP contribution in [0.5, 0.6) is 0 Å². The van der Waals surface area contributed by atoms with Crippen molar-refractivity contribution in [3.8, 4) is 0 Å². The van der Waals surface area contributed by atoms with Crippen LogP contribution in [0, 0.1) is 5.92 Å². The maximum Gasteiger partial charge on any atom is 0.247 e. The standard InChI is InChI=1S/C24H33N3O2/c1-4-5-16-27(22(28)14-13-19(2)3)23(21-12-9-15-25-18-21)24(29)26-17-20-10-7-6-8-11-20/h6-12,15,18-19,23H,4-5,13-14,16-17H2,1-3H3,(H,26,29). The summed E-state index contributed by atoms with van der Waals surface area (Å²) in [6, 6.07) is 12.8. The number of aromatic nitrogens is 1. The lowest BCUT2D eigenvalue weighted by Crippen LogP contribution is -2.44. The summed E-state index contributed by atoms with van der Waals surface area (Å²) in [6.07, 6.45) is 6.44. The summed E-state index contributed by atoms with van der Waals surface area (Å²) < 4.78 is 0. The van der Waals surface area contributed by atoms with Gasteiger partial charge in [0.05, 0.1) is 0 Å². The van der Waals surface area contributed by atoms with Gasteiger partial charge in [-0.05, 0) is 30.4 Å². The third-order valence-electron chi connectivity index (χ3n) is 4.88. The second kappa shape index (κ2) is 12.0. The van der Waals surface area contributed by atoms with Crippen LogP contribution in [0.2, 0.25) is 0 Å². The van der Waals surface area contributed by atoms with Crippen molar-refractivity contribution in [2.45, 2.75) is 59.0 Å². The fourth-order valence-electron chi connectivity index (χ4n) is 3.17. The first-order chi connectivity index (χ1) is 14.0. The van der Waals surface area contributed by atoms with E-state index >= 15 is 0 Å². The number of nitrogens with one attached hydrogen (secondary N) is 1. The van der Waals surface area contributed by atoms with Crippen LogP contribution in [0.3, 0.4) is 0 Å². The summed E-state index contributed by atoms with van der Waals surface area (Å²) in [7, 11) is 0. The first-order valence-corrected chi connectivity index (χ1v) is 10.5. The summed E-state index contributed by atoms with van der Waals surface area (Å²) in [5.41, 5.74) is 1.77. The van der Waals surface area contributed by atoms with E-state index in [4.69, 9.17) is 0 Å². The van der Waals surface area contributed by atoms with Crippen LogP contribution in [0.1, 0.15) is 63.6 Å². The zero-order chi connectivity index (χ0) is 21.1. The topological polar surface area (TPSA) is 62.3 Å². The highest BCUT2D eigenvalue weighted by Crippen LogP contribution is 2.23. The second-order valence-electron chi connectivity index (χ2n) is 7.77. The van der Waals surface area contributed by atoms with Crippen molar-refractivity contribution >= 4 is 11.8 Å². The van der Waals surface area contributed by atoms with Gasteiger partial charge in [0.25, 0.3) is 0 Å². The number of carbonyl (C=O) groups excluding carboxylic acids is 2. The highest BCUT2D eigenvalue weighted by Gasteiger charge is 2.31. The van der Waals surface area contributed by atoms with Crippen LogP contribution in [-0.2, 0) is 16.1 Å². The van der Waals surface area contributed by atoms with Crippen molar-refractivity contribution in [2.24, 2.45) is 5.92 Å². The van der Waals surface area contributed by atoms with Gasteiger partial charge in [-0.3, -0.25) is 14.6 Å². The summed E-state index contributed by atoms with van der Waals surface area (Å²) in [5, 5.41) is 3.01. The molecule has 1 unspecified atom stereocenters. The molecule has 0 saturated carbocycles. The van der Waals surface area contributed by atoms with Gasteiger partial charge in [0.1, 0.15) is 6.04 Å². The van der Waals surface area contributed by atoms with E-state index in [2.05, 4.69) is 31.1 Å². The molecule has 0 aliphatic heterocycles. The number of pyridine rings is 1. The largest absolute Gasteiger partial charge is 0.350 e. The first-order valence-electron chi connectivity index (χ1n) is 10.5. The van der Waals surface area contributed by atoms with Gasteiger partial charge in [-0.15, -0.1) is 0 Å². The van der Waals surface area contributed by atoms with Crippen molar-refractivity contribution in [1.29, 1.82) is 0 Å². The first kappa shape index (κ1) is 22.6. The van der Waals surface area contributed by atoms with Gasteiger partial charge < -0.3 is 10.2 Å². The number of hydrogen-bond donors (Lipinski definition) is 1. The smallest absolute Gasteiger partial charge is 0.247 e. The molecule has 0 radical (unpaired) electrons. The monoisotopic (exact) mass is 395 g/mol. The fraction of sp³-hybridized carbons (Fsp3) is 0.458. The Morgan fingerprint density at radius 1 is 1.10 bits per heavy atom. The van der Waals surface area contributed by atoms with Crippen molar-refractivity contribution in [1.82, 2.24) is 15.2 Å². The van der Waals surface area contributed by atoms with Gasteiger partial charge in [0.15, 0.2) is 0 Å². The van der Waals surface area contributed by atoms with Crippen molar-refractivity contribution < 1.29 is 9.59 Å². The van der Waals surface area contributed by atoms with E-state index in [0.717, 1.165) is 30.4 Å². The molecule has 0 fully saturated rings. The van der Waals surface area contributed by atoms with E-state index in [0.29, 0.717) is 25.4 Å². The highest BCUT2D eigenvalue weighted by atomic mass is 16.2. The summed E-state index contributed by atoms with van der Waals surface area (Å²) >= 11 is 0. The molecule has 1 aromatic heterocycles. The number of unbranched alkanes of at least 4 members (excludes halogenated alkanes) is 1. The van der Waals surface area contributed by atoms with Gasteiger partial charge in [0, 0.05) is 37.5 Å². The predicted molar refractivity (Wildman–Crippen MR) is 116 cm³/mol. The van der Waals surface area contributed by atoms with Gasteiger partial charge >= 0.3 is 0 Å². The van der Waals surface area contributed by atoms with Crippen LogP contribution in [0.25, 0.3) is 0 Å². The molecule has 1 aromatic carbocycles. The van der Waals surface area contributed by atoms with Crippen molar-refractivity contribution in [3.63, 3.8) is 0 Å². The lowest BCUT2D eigenvalue weighted by molar-refractivity contribution is -0.141. The van der Waals surface area contributed by atoms with Crippen LogP contribution in [-0.4, -0.2) is 28.2 Å². The summed E-state index contributed by atoms with van der Waals surface area (Å²) in [4.78, 5) is 32.2. The molecule has 5 heteroatoms. The molecule has 1 N–H and O–H groups in total. The lowest BCUT2D eigenvalue weighted by atomic mass is 10.0. The Hall–Kier alpha value is -2.69. The number of nitrogens with zero attached hydrogens (tertiary/aromatic N) is 2. The van der Waals surface area contributed by atoms with E-state index in [1.165, 1.54) is 0 Å². The number of carbonyl (C=O) groups is 2. The van der Waals surface area contributed by atoms with Crippen LogP contribution < -0.4 is 5.32 Å². The number of benzene rings is 1. The second-order valence-corrected chi connectivity index (χ2v) is 7.77. The Labute approximate surface area is 174 Å². The molecule has 0 spiro atoms. The van der Waals surface area contributed by atoms with Crippen LogP contribution in [0.15, 0.2) is 54.9 Å². The van der Waals surface area contributed by atoms with E-state index in [1.807, 2.05) is 42.5 Å². The maximum atomic E-state index is 13.2. The third kappa shape index (κ3) is 7.33. The Kier molecular flexibility index (Phi) is 9.35. The number of amides is 2. The molecule has 2 aromatic rings. The molecule has 0 aliphatic carbocycles. The Morgan fingerprint density at radius 3 is 2.48 bits per heavy atom. The Bertz CT molecular complexity index is 747. The molecule has 0 bridgehead atoms. The fourth-order valence-corrected chi connectivity index (χ4v) is 3.17. The predicted octanol–water partition coefficient (Wildman–Crippen LogP) is 4.50. The highest BCUT2D eigenvalue weighted by molar-refractivity contribution is 5.88. The van der Waals surface area contributed by atoms with Crippen LogP contribution >= 0.6 is 0 Å². The van der Waals surface area contributed by atoms with Gasteiger partial charge in [0.2, 0.25) is 11.8 Å². The molecule has 5 nitrogen and oxygen atoms in total. The Balaban J connectivity index is 2.24. The minimum Gasteiger partial charge on any atom is -0.350 e. The zero-order valence-electron chi connectivity index (χ0n) is 17.8. The molecule has 2 amide bonds. The van der Waals surface area contributed by atoms with E-state index in [1.54, 1.807) is 17.3 Å². The SMILES string of the molecule is CCCCN(C(=O)CCC(C)C)C(C(=O)NCc1ccccc1)c1cccnc1. The van der Waals surface area contributed by atoms with Crippen molar-refractivity contribution in [3.05, 3.63) is 66.0 Å². The number of rotatable bonds is 11. The maximum absolute atomic E-state index is 13.2. The Morgan fingerprint density at radius 2 is 1.86 bits per heavy atom. The van der Waals surface area contributed by atoms with E-state index < -0.39 is 6.04 Å². The van der Waals surface area contributed by atoms with Gasteiger partial charge in [-0.25, -0.2) is 0 Å². The molecule has 1 atom stereocenters. The van der Waals surface area contributed by atoms with Crippen LogP contribution in [0.4, 0.5) is 0 Å². The molecule has 29 heavy (non-hydrogen) atoms. The lowest BCUT2D eigenvalue weighted by Gasteiger charge is -2.31. The van der Waals surface area contributed by atoms with Gasteiger partial charge in [-0.2, -0.15) is 0 Å². The zero-order valence-corrected chi connectivity index (χ0v) is 17.8. The number of hydrogen-bond acceptors (Lipinski definition) is 3. The van der Waals surface area contributed by atoms with Gasteiger partial charge in [-0.1, -0.05) is 63.6 Å². The molecule has 0 saturated heterocycles. The average Bonchev–Trinajstić information content (AvgIpc) is 2.74. The molecular weight excluding hydrogens is 362 g/mol. The summed E-state index contributed by atoms with van der Waals surface area (Å²) in [5.74, 6) is 0.294. The minimum atomic E-state index is -0.668. The van der Waals surface area contributed by atoms with Crippen molar-refractivity contribution in [2.75, 3.05) is 6.54 Å². The molecule has 156 valence electrons. The van der Waals surface area contributed by atoms with E-state index in [-0.39, 0.29) is 11.8 Å². The molecule has 1 heterocycles. The molecule has 2 rings (SSSR count). The minimum absolute atomic E-state index is 0.0239.